The normalized spacial score (nSPS) is 15.2. The topological polar surface area (TPSA) is 85.4 Å². The van der Waals surface area contributed by atoms with Gasteiger partial charge >= 0.3 is 5.97 Å². The van der Waals surface area contributed by atoms with Crippen LogP contribution in [-0.4, -0.2) is 29.3 Å². The minimum atomic E-state index is -0.508. The van der Waals surface area contributed by atoms with Gasteiger partial charge in [0.2, 0.25) is 0 Å². The number of esters is 1. The first kappa shape index (κ1) is 20.7. The summed E-state index contributed by atoms with van der Waals surface area (Å²) in [6, 6.07) is 14.1. The quantitative estimate of drug-likeness (QED) is 0.493. The summed E-state index contributed by atoms with van der Waals surface area (Å²) in [5, 5.41) is 3.43. The average molecular weight is 416 g/mol. The van der Waals surface area contributed by atoms with E-state index >= 15 is 0 Å². The van der Waals surface area contributed by atoms with Crippen molar-refractivity contribution in [2.24, 2.45) is 5.92 Å². The Kier molecular flexibility index (Phi) is 5.80. The molecule has 0 saturated carbocycles. The summed E-state index contributed by atoms with van der Waals surface area (Å²) in [5.41, 5.74) is 4.25. The van der Waals surface area contributed by atoms with Crippen LogP contribution in [0.4, 0.5) is 5.69 Å². The Morgan fingerprint density at radius 1 is 1.10 bits per heavy atom. The number of aryl methyl sites for hydroxylation is 1. The van der Waals surface area contributed by atoms with E-state index in [1.807, 2.05) is 24.3 Å². The Morgan fingerprint density at radius 3 is 2.58 bits per heavy atom. The maximum atomic E-state index is 13.0. The lowest BCUT2D eigenvalue weighted by Crippen LogP contribution is -2.23. The summed E-state index contributed by atoms with van der Waals surface area (Å²) in [4.78, 5) is 41.5. The lowest BCUT2D eigenvalue weighted by atomic mass is 9.84. The van der Waals surface area contributed by atoms with Gasteiger partial charge in [0.1, 0.15) is 0 Å². The van der Waals surface area contributed by atoms with Gasteiger partial charge in [0, 0.05) is 22.3 Å². The molecule has 6 nitrogen and oxygen atoms in total. The second kappa shape index (κ2) is 8.68. The highest BCUT2D eigenvalue weighted by atomic mass is 16.5. The lowest BCUT2D eigenvalue weighted by molar-refractivity contribution is -0.119. The molecule has 31 heavy (non-hydrogen) atoms. The molecule has 6 heteroatoms. The number of amides is 1. The molecule has 3 aromatic rings. The number of ketones is 1. The number of hydrogen-bond donors (Lipinski definition) is 1. The highest BCUT2D eigenvalue weighted by Gasteiger charge is 2.26. The van der Waals surface area contributed by atoms with E-state index in [0.717, 1.165) is 41.4 Å². The van der Waals surface area contributed by atoms with E-state index < -0.39 is 18.5 Å². The zero-order valence-corrected chi connectivity index (χ0v) is 17.6. The third-order valence-electron chi connectivity index (χ3n) is 5.62. The molecule has 0 saturated heterocycles. The van der Waals surface area contributed by atoms with Gasteiger partial charge < -0.3 is 10.1 Å². The van der Waals surface area contributed by atoms with E-state index in [2.05, 4.69) is 12.2 Å². The van der Waals surface area contributed by atoms with Gasteiger partial charge in [0.25, 0.3) is 5.91 Å². The number of hydrogen-bond acceptors (Lipinski definition) is 5. The summed E-state index contributed by atoms with van der Waals surface area (Å²) in [5.74, 6) is -0.534. The number of nitrogens with zero attached hydrogens (tertiary/aromatic N) is 1. The largest absolute Gasteiger partial charge is 0.452 e. The second-order valence-corrected chi connectivity index (χ2v) is 8.04. The Labute approximate surface area is 180 Å². The number of carbonyl (C=O) groups excluding carboxylic acids is 3. The van der Waals surface area contributed by atoms with E-state index in [9.17, 15) is 14.4 Å². The molecule has 0 aliphatic heterocycles. The fraction of sp³-hybridized carbons (Fsp3) is 0.280. The fourth-order valence-electron chi connectivity index (χ4n) is 3.98. The summed E-state index contributed by atoms with van der Waals surface area (Å²) >= 11 is 0. The third kappa shape index (κ3) is 4.48. The molecular weight excluding hydrogens is 392 g/mol. The van der Waals surface area contributed by atoms with E-state index in [0.29, 0.717) is 22.7 Å². The minimum Gasteiger partial charge on any atom is -0.452 e. The van der Waals surface area contributed by atoms with Crippen molar-refractivity contribution in [3.05, 3.63) is 70.9 Å². The van der Waals surface area contributed by atoms with E-state index in [1.165, 1.54) is 6.92 Å². The van der Waals surface area contributed by atoms with Crippen LogP contribution >= 0.6 is 0 Å². The lowest BCUT2D eigenvalue weighted by Gasteiger charge is -2.24. The maximum Gasteiger partial charge on any atom is 0.339 e. The molecule has 158 valence electrons. The summed E-state index contributed by atoms with van der Waals surface area (Å²) in [7, 11) is 0. The molecule has 1 aromatic heterocycles. The monoisotopic (exact) mass is 416 g/mol. The van der Waals surface area contributed by atoms with Gasteiger partial charge in [-0.15, -0.1) is 0 Å². The van der Waals surface area contributed by atoms with Gasteiger partial charge in [-0.05, 0) is 68.0 Å². The van der Waals surface area contributed by atoms with Crippen molar-refractivity contribution in [2.75, 3.05) is 11.9 Å². The molecule has 1 N–H and O–H groups in total. The maximum absolute atomic E-state index is 13.0. The summed E-state index contributed by atoms with van der Waals surface area (Å²) in [6.45, 7) is 3.25. The molecule has 1 atom stereocenters. The minimum absolute atomic E-state index is 0.0472. The Balaban J connectivity index is 1.51. The number of fused-ring (bicyclic) bond motifs is 2. The Morgan fingerprint density at radius 2 is 1.84 bits per heavy atom. The predicted octanol–water partition coefficient (Wildman–Crippen LogP) is 4.36. The molecule has 0 radical (unpaired) electrons. The Hall–Kier alpha value is -3.54. The van der Waals surface area contributed by atoms with Crippen molar-refractivity contribution in [1.29, 1.82) is 0 Å². The smallest absolute Gasteiger partial charge is 0.339 e. The number of ether oxygens (including phenoxy) is 1. The van der Waals surface area contributed by atoms with E-state index in [-0.39, 0.29) is 5.78 Å². The molecule has 1 aliphatic rings. The van der Waals surface area contributed by atoms with Crippen molar-refractivity contribution in [1.82, 2.24) is 4.98 Å². The summed E-state index contributed by atoms with van der Waals surface area (Å²) in [6.07, 6.45) is 2.64. The van der Waals surface area contributed by atoms with Crippen molar-refractivity contribution < 1.29 is 19.1 Å². The van der Waals surface area contributed by atoms with Gasteiger partial charge in [-0.2, -0.15) is 0 Å². The number of Topliss-reactive ketones (excluding diaryl/α,β-unsaturated/α-hetero) is 1. The van der Waals surface area contributed by atoms with Crippen LogP contribution in [0.3, 0.4) is 0 Å². The van der Waals surface area contributed by atoms with Crippen LogP contribution in [-0.2, 0) is 22.4 Å². The Bertz CT molecular complexity index is 1170. The molecule has 1 aliphatic carbocycles. The molecule has 0 fully saturated rings. The first-order valence-corrected chi connectivity index (χ1v) is 10.4. The van der Waals surface area contributed by atoms with Gasteiger partial charge in [-0.1, -0.05) is 25.1 Å². The fourth-order valence-corrected chi connectivity index (χ4v) is 3.98. The van der Waals surface area contributed by atoms with Crippen LogP contribution < -0.4 is 5.32 Å². The molecule has 1 heterocycles. The molecule has 0 spiro atoms. The van der Waals surface area contributed by atoms with Crippen molar-refractivity contribution in [3.63, 3.8) is 0 Å². The van der Waals surface area contributed by atoms with Crippen molar-refractivity contribution >= 4 is 34.3 Å². The van der Waals surface area contributed by atoms with Crippen LogP contribution in [0.2, 0.25) is 0 Å². The molecule has 0 unspecified atom stereocenters. The number of carbonyl (C=O) groups is 3. The second-order valence-electron chi connectivity index (χ2n) is 8.04. The number of para-hydroxylation sites is 1. The third-order valence-corrected chi connectivity index (χ3v) is 5.62. The molecule has 2 aromatic carbocycles. The number of nitrogens with one attached hydrogen (secondary N) is 1. The first-order valence-electron chi connectivity index (χ1n) is 10.4. The number of aromatic nitrogens is 1. The van der Waals surface area contributed by atoms with Gasteiger partial charge in [0.15, 0.2) is 12.4 Å². The molecular formula is C25H24N2O4. The number of benzene rings is 2. The van der Waals surface area contributed by atoms with Gasteiger partial charge in [-0.25, -0.2) is 4.79 Å². The van der Waals surface area contributed by atoms with Crippen molar-refractivity contribution in [2.45, 2.75) is 33.1 Å². The average Bonchev–Trinajstić information content (AvgIpc) is 2.76. The first-order chi connectivity index (χ1) is 14.9. The molecule has 4 rings (SSSR count). The zero-order chi connectivity index (χ0) is 22.0. The van der Waals surface area contributed by atoms with E-state index in [4.69, 9.17) is 9.72 Å². The van der Waals surface area contributed by atoms with Gasteiger partial charge in [0.05, 0.1) is 11.1 Å². The van der Waals surface area contributed by atoms with Crippen molar-refractivity contribution in [3.8, 4) is 0 Å². The highest BCUT2D eigenvalue weighted by Crippen LogP contribution is 2.32. The number of anilines is 1. The van der Waals surface area contributed by atoms with E-state index in [1.54, 1.807) is 24.3 Å². The van der Waals surface area contributed by atoms with Crippen LogP contribution in [0, 0.1) is 5.92 Å². The number of pyridine rings is 1. The highest BCUT2D eigenvalue weighted by molar-refractivity contribution is 6.06. The summed E-state index contributed by atoms with van der Waals surface area (Å²) < 4.78 is 5.40. The van der Waals surface area contributed by atoms with Crippen LogP contribution in [0.5, 0.6) is 0 Å². The van der Waals surface area contributed by atoms with Crippen LogP contribution in [0.25, 0.3) is 10.9 Å². The standard InChI is InChI=1S/C25H24N2O4/c1-15-7-12-22-20(13-15)24(19-5-3-4-6-21(19)27-22)25(30)31-14-23(29)26-18-10-8-17(9-11-18)16(2)28/h3-6,8-11,15H,7,12-14H2,1-2H3,(H,26,29)/t15-/m1/s1. The zero-order valence-electron chi connectivity index (χ0n) is 17.6. The number of rotatable bonds is 5. The van der Waals surface area contributed by atoms with Gasteiger partial charge in [-0.3, -0.25) is 14.6 Å². The molecule has 0 bridgehead atoms. The molecule has 1 amide bonds. The predicted molar refractivity (Wildman–Crippen MR) is 118 cm³/mol. The van der Waals surface area contributed by atoms with Crippen LogP contribution in [0.1, 0.15) is 52.2 Å². The van der Waals surface area contributed by atoms with Crippen LogP contribution in [0.15, 0.2) is 48.5 Å². The SMILES string of the molecule is CC(=O)c1ccc(NC(=O)COC(=O)c2c3c(nc4ccccc24)CC[C@@H](C)C3)cc1.